The van der Waals surface area contributed by atoms with Crippen LogP contribution < -0.4 is 5.73 Å². The number of halogens is 7. The van der Waals surface area contributed by atoms with Gasteiger partial charge in [-0.1, -0.05) is 15.9 Å². The largest absolute Gasteiger partial charge is 0.455 e. The van der Waals surface area contributed by atoms with Gasteiger partial charge in [-0.25, -0.2) is 4.39 Å². The molecule has 1 aromatic carbocycles. The lowest BCUT2D eigenvalue weighted by Crippen LogP contribution is -2.46. The third-order valence-electron chi connectivity index (χ3n) is 2.06. The van der Waals surface area contributed by atoms with Crippen LogP contribution in [0.4, 0.5) is 26.3 Å². The van der Waals surface area contributed by atoms with Crippen molar-refractivity contribution in [3.05, 3.63) is 34.1 Å². The molecule has 0 spiro atoms. The highest BCUT2D eigenvalue weighted by atomic mass is 79.9. The molecule has 0 heterocycles. The van der Waals surface area contributed by atoms with Crippen LogP contribution in [0.5, 0.6) is 0 Å². The number of nitrogens with two attached hydrogens (primary N) is 1. The molecule has 17 heavy (non-hydrogen) atoms. The molecule has 1 rings (SSSR count). The number of rotatable bonds is 2. The van der Waals surface area contributed by atoms with Crippen LogP contribution in [-0.4, -0.2) is 12.1 Å². The van der Waals surface area contributed by atoms with E-state index in [2.05, 4.69) is 15.9 Å². The van der Waals surface area contributed by atoms with E-state index in [1.165, 1.54) is 0 Å². The Morgan fingerprint density at radius 2 is 1.65 bits per heavy atom. The van der Waals surface area contributed by atoms with Crippen molar-refractivity contribution < 1.29 is 26.3 Å². The Hall–Kier alpha value is -0.760. The van der Waals surface area contributed by atoms with Crippen LogP contribution in [-0.2, 0) is 0 Å². The van der Waals surface area contributed by atoms with Crippen molar-refractivity contribution >= 4 is 15.9 Å². The Kier molecular flexibility index (Phi) is 3.78. The van der Waals surface area contributed by atoms with Gasteiger partial charge >= 0.3 is 12.1 Å². The highest BCUT2D eigenvalue weighted by molar-refractivity contribution is 9.10. The Labute approximate surface area is 101 Å². The lowest BCUT2D eigenvalue weighted by atomic mass is 10.0. The van der Waals surface area contributed by atoms with Gasteiger partial charge in [-0.2, -0.15) is 22.0 Å². The first-order valence-electron chi connectivity index (χ1n) is 4.22. The molecular weight excluding hydrogens is 316 g/mol. The SMILES string of the molecule is N[C@H](c1cc(F)ccc1Br)C(F)(F)C(F)(F)F. The summed E-state index contributed by atoms with van der Waals surface area (Å²) in [5.74, 6) is -6.08. The number of alkyl halides is 5. The monoisotopic (exact) mass is 321 g/mol. The van der Waals surface area contributed by atoms with Crippen molar-refractivity contribution in [1.82, 2.24) is 0 Å². The van der Waals surface area contributed by atoms with Crippen LogP contribution in [0.3, 0.4) is 0 Å². The van der Waals surface area contributed by atoms with E-state index in [9.17, 15) is 26.3 Å². The van der Waals surface area contributed by atoms with Gasteiger partial charge in [-0.15, -0.1) is 0 Å². The molecule has 2 N–H and O–H groups in total. The first-order chi connectivity index (χ1) is 7.57. The molecule has 1 nitrogen and oxygen atoms in total. The summed E-state index contributed by atoms with van der Waals surface area (Å²) in [5, 5.41) is 0. The van der Waals surface area contributed by atoms with Crippen molar-refractivity contribution in [1.29, 1.82) is 0 Å². The Bertz CT molecular complexity index is 416. The molecular formula is C9H6BrF6N. The minimum Gasteiger partial charge on any atom is -0.319 e. The van der Waals surface area contributed by atoms with Crippen LogP contribution >= 0.6 is 15.9 Å². The fourth-order valence-electron chi connectivity index (χ4n) is 1.12. The standard InChI is InChI=1S/C9H6BrF6N/c10-6-2-1-4(11)3-5(6)7(17)8(12,13)9(14,15)16/h1-3,7H,17H2/t7-/m1/s1. The van der Waals surface area contributed by atoms with E-state index in [-0.39, 0.29) is 4.47 Å². The Morgan fingerprint density at radius 1 is 1.12 bits per heavy atom. The quantitative estimate of drug-likeness (QED) is 0.824. The fourth-order valence-corrected chi connectivity index (χ4v) is 1.62. The van der Waals surface area contributed by atoms with Gasteiger partial charge in [0.2, 0.25) is 0 Å². The smallest absolute Gasteiger partial charge is 0.319 e. The zero-order valence-electron chi connectivity index (χ0n) is 8.03. The number of benzene rings is 1. The summed E-state index contributed by atoms with van der Waals surface area (Å²) in [6.07, 6.45) is -5.79. The molecule has 0 aliphatic carbocycles. The van der Waals surface area contributed by atoms with Gasteiger partial charge in [0.05, 0.1) is 0 Å². The summed E-state index contributed by atoms with van der Waals surface area (Å²) in [6, 6.07) is -0.218. The molecule has 0 aliphatic rings. The van der Waals surface area contributed by atoms with Gasteiger partial charge in [0.1, 0.15) is 11.9 Å². The van der Waals surface area contributed by atoms with E-state index in [1.54, 1.807) is 0 Å². The zero-order chi connectivity index (χ0) is 13.4. The maximum Gasteiger partial charge on any atom is 0.455 e. The van der Waals surface area contributed by atoms with Crippen LogP contribution in [0.2, 0.25) is 0 Å². The zero-order valence-corrected chi connectivity index (χ0v) is 9.62. The van der Waals surface area contributed by atoms with Crippen LogP contribution in [0, 0.1) is 5.82 Å². The Balaban J connectivity index is 3.21. The van der Waals surface area contributed by atoms with Gasteiger partial charge in [-0.05, 0) is 23.8 Å². The average Bonchev–Trinajstić information content (AvgIpc) is 2.19. The van der Waals surface area contributed by atoms with E-state index in [0.29, 0.717) is 6.07 Å². The summed E-state index contributed by atoms with van der Waals surface area (Å²) < 4.78 is 74.7. The molecule has 0 radical (unpaired) electrons. The second-order valence-electron chi connectivity index (χ2n) is 3.26. The summed E-state index contributed by atoms with van der Waals surface area (Å²) in [6.45, 7) is 0. The summed E-state index contributed by atoms with van der Waals surface area (Å²) in [7, 11) is 0. The van der Waals surface area contributed by atoms with E-state index in [4.69, 9.17) is 5.73 Å². The van der Waals surface area contributed by atoms with Gasteiger partial charge in [0, 0.05) is 4.47 Å². The first kappa shape index (κ1) is 14.3. The predicted octanol–water partition coefficient (Wildman–Crippen LogP) is 3.79. The summed E-state index contributed by atoms with van der Waals surface area (Å²) in [5.41, 5.74) is 4.22. The van der Waals surface area contributed by atoms with E-state index >= 15 is 0 Å². The predicted molar refractivity (Wildman–Crippen MR) is 52.0 cm³/mol. The van der Waals surface area contributed by atoms with E-state index in [1.807, 2.05) is 0 Å². The fraction of sp³-hybridized carbons (Fsp3) is 0.333. The average molecular weight is 322 g/mol. The Morgan fingerprint density at radius 3 is 2.12 bits per heavy atom. The maximum absolute atomic E-state index is 12.9. The molecule has 0 saturated carbocycles. The van der Waals surface area contributed by atoms with Crippen molar-refractivity contribution in [3.63, 3.8) is 0 Å². The summed E-state index contributed by atoms with van der Waals surface area (Å²) >= 11 is 2.74. The third kappa shape index (κ3) is 2.74. The topological polar surface area (TPSA) is 26.0 Å². The number of hydrogen-bond donors (Lipinski definition) is 1. The lowest BCUT2D eigenvalue weighted by molar-refractivity contribution is -0.291. The van der Waals surface area contributed by atoms with Gasteiger partial charge in [0.25, 0.3) is 0 Å². The maximum atomic E-state index is 12.9. The molecule has 1 aromatic rings. The number of hydrogen-bond acceptors (Lipinski definition) is 1. The summed E-state index contributed by atoms with van der Waals surface area (Å²) in [4.78, 5) is 0. The third-order valence-corrected chi connectivity index (χ3v) is 2.78. The highest BCUT2D eigenvalue weighted by Gasteiger charge is 2.62. The van der Waals surface area contributed by atoms with Crippen LogP contribution in [0.1, 0.15) is 11.6 Å². The minimum absolute atomic E-state index is 0.115. The van der Waals surface area contributed by atoms with Crippen molar-refractivity contribution in [2.24, 2.45) is 5.73 Å². The van der Waals surface area contributed by atoms with Crippen LogP contribution in [0.15, 0.2) is 22.7 Å². The second-order valence-corrected chi connectivity index (χ2v) is 4.12. The van der Waals surface area contributed by atoms with Gasteiger partial charge in [0.15, 0.2) is 0 Å². The van der Waals surface area contributed by atoms with E-state index < -0.39 is 29.5 Å². The molecule has 0 fully saturated rings. The second kappa shape index (κ2) is 4.49. The highest BCUT2D eigenvalue weighted by Crippen LogP contribution is 2.44. The lowest BCUT2D eigenvalue weighted by Gasteiger charge is -2.26. The normalized spacial score (nSPS) is 14.8. The van der Waals surface area contributed by atoms with E-state index in [0.717, 1.165) is 12.1 Å². The molecule has 1 atom stereocenters. The molecule has 0 unspecified atom stereocenters. The van der Waals surface area contributed by atoms with Crippen molar-refractivity contribution in [2.75, 3.05) is 0 Å². The minimum atomic E-state index is -5.79. The first-order valence-corrected chi connectivity index (χ1v) is 5.01. The van der Waals surface area contributed by atoms with Gasteiger partial charge < -0.3 is 5.73 Å². The molecule has 8 heteroatoms. The molecule has 0 saturated heterocycles. The van der Waals surface area contributed by atoms with Gasteiger partial charge in [-0.3, -0.25) is 0 Å². The molecule has 0 aliphatic heterocycles. The van der Waals surface area contributed by atoms with Crippen molar-refractivity contribution in [3.8, 4) is 0 Å². The molecule has 0 aromatic heterocycles. The molecule has 96 valence electrons. The molecule has 0 amide bonds. The van der Waals surface area contributed by atoms with Crippen LogP contribution in [0.25, 0.3) is 0 Å². The molecule has 0 bridgehead atoms. The van der Waals surface area contributed by atoms with Crippen molar-refractivity contribution in [2.45, 2.75) is 18.1 Å².